The number of oxime groups is 1. The fraction of sp³-hybridized carbons (Fsp3) is 0.286. The number of methoxy groups -OCH3 is 1. The molecule has 0 radical (unpaired) electrons. The second-order valence-electron chi connectivity index (χ2n) is 9.16. The molecule has 1 unspecified atom stereocenters. The van der Waals surface area contributed by atoms with Crippen LogP contribution in [0.1, 0.15) is 36.6 Å². The summed E-state index contributed by atoms with van der Waals surface area (Å²) in [6.07, 6.45) is 4.88. The van der Waals surface area contributed by atoms with Gasteiger partial charge in [0.1, 0.15) is 23.9 Å². The fourth-order valence-electron chi connectivity index (χ4n) is 4.78. The van der Waals surface area contributed by atoms with E-state index in [1.165, 1.54) is 31.5 Å². The third kappa shape index (κ3) is 4.55. The Morgan fingerprint density at radius 3 is 2.65 bits per heavy atom. The largest absolute Gasteiger partial charge is 0.496 e. The number of aliphatic hydroxyl groups is 1. The Kier molecular flexibility index (Phi) is 6.41. The molecule has 5 rings (SSSR count). The molecule has 9 heteroatoms. The van der Waals surface area contributed by atoms with Crippen LogP contribution in [-0.2, 0) is 16.5 Å². The van der Waals surface area contributed by atoms with E-state index >= 15 is 0 Å². The topological polar surface area (TPSA) is 67.2 Å². The van der Waals surface area contributed by atoms with E-state index < -0.39 is 11.6 Å². The normalized spacial score (nSPS) is 20.4. The van der Waals surface area contributed by atoms with Crippen molar-refractivity contribution < 1.29 is 27.9 Å². The zero-order valence-corrected chi connectivity index (χ0v) is 20.4. The van der Waals surface area contributed by atoms with Gasteiger partial charge < -0.3 is 19.6 Å². The molecule has 0 aliphatic carbocycles. The van der Waals surface area contributed by atoms with Crippen LogP contribution in [0.5, 0.6) is 5.75 Å². The fourth-order valence-corrected chi connectivity index (χ4v) is 4.78. The summed E-state index contributed by atoms with van der Waals surface area (Å²) in [7, 11) is 1.53. The van der Waals surface area contributed by atoms with Gasteiger partial charge in [-0.05, 0) is 78.1 Å². The number of ether oxygens (including phenoxy) is 1. The number of alkyl halides is 2. The molecule has 192 valence electrons. The van der Waals surface area contributed by atoms with Gasteiger partial charge in [-0.25, -0.2) is 4.39 Å². The lowest BCUT2D eigenvalue weighted by Gasteiger charge is -2.38. The van der Waals surface area contributed by atoms with Crippen molar-refractivity contribution in [2.75, 3.05) is 20.3 Å². The molecule has 0 bridgehead atoms. The first-order valence-electron chi connectivity index (χ1n) is 11.9. The maximum absolute atomic E-state index is 13.8. The number of aromatic nitrogens is 1. The van der Waals surface area contributed by atoms with Crippen LogP contribution in [0.3, 0.4) is 0 Å². The van der Waals surface area contributed by atoms with Gasteiger partial charge in [0.15, 0.2) is 5.84 Å². The van der Waals surface area contributed by atoms with Crippen LogP contribution >= 0.6 is 0 Å². The summed E-state index contributed by atoms with van der Waals surface area (Å²) in [4.78, 5) is 11.5. The molecule has 3 heterocycles. The van der Waals surface area contributed by atoms with Crippen LogP contribution in [0.4, 0.5) is 13.2 Å². The first-order valence-corrected chi connectivity index (χ1v) is 11.9. The maximum Gasteiger partial charge on any atom is 0.286 e. The SMILES string of the molecule is COc1cc(C=C2CCCN3C2=NOC3(CO)c2ccc(F)cc2)ccc1-c1ccnc(C(C)(F)F)c1. The molecule has 1 N–H and O–H groups in total. The molecule has 37 heavy (non-hydrogen) atoms. The van der Waals surface area contributed by atoms with E-state index in [9.17, 15) is 18.3 Å². The second kappa shape index (κ2) is 9.55. The highest BCUT2D eigenvalue weighted by atomic mass is 19.3. The van der Waals surface area contributed by atoms with Crippen LogP contribution in [-0.4, -0.2) is 41.1 Å². The highest BCUT2D eigenvalue weighted by Gasteiger charge is 2.49. The lowest BCUT2D eigenvalue weighted by Crippen LogP contribution is -2.51. The van der Waals surface area contributed by atoms with E-state index in [-0.39, 0.29) is 18.1 Å². The van der Waals surface area contributed by atoms with E-state index in [0.29, 0.717) is 34.8 Å². The van der Waals surface area contributed by atoms with Gasteiger partial charge in [0.25, 0.3) is 11.6 Å². The Morgan fingerprint density at radius 2 is 1.95 bits per heavy atom. The summed E-state index contributed by atoms with van der Waals surface area (Å²) in [5.74, 6) is -2.29. The first-order chi connectivity index (χ1) is 17.7. The van der Waals surface area contributed by atoms with Gasteiger partial charge >= 0.3 is 0 Å². The monoisotopic (exact) mass is 509 g/mol. The number of amidine groups is 1. The van der Waals surface area contributed by atoms with Crippen molar-refractivity contribution in [2.24, 2.45) is 5.16 Å². The van der Waals surface area contributed by atoms with E-state index in [0.717, 1.165) is 30.9 Å². The van der Waals surface area contributed by atoms with Crippen molar-refractivity contribution >= 4 is 11.9 Å². The highest BCUT2D eigenvalue weighted by molar-refractivity contribution is 6.03. The Bertz CT molecular complexity index is 1370. The molecule has 2 aliphatic heterocycles. The van der Waals surface area contributed by atoms with Crippen molar-refractivity contribution in [1.82, 2.24) is 9.88 Å². The number of benzene rings is 2. The molecule has 1 aromatic heterocycles. The van der Waals surface area contributed by atoms with Crippen LogP contribution < -0.4 is 4.74 Å². The second-order valence-corrected chi connectivity index (χ2v) is 9.16. The minimum Gasteiger partial charge on any atom is -0.496 e. The molecular weight excluding hydrogens is 483 g/mol. The number of hydrogen-bond donors (Lipinski definition) is 1. The van der Waals surface area contributed by atoms with Gasteiger partial charge in [-0.3, -0.25) is 4.98 Å². The lowest BCUT2D eigenvalue weighted by molar-refractivity contribution is -0.137. The number of halogens is 3. The van der Waals surface area contributed by atoms with E-state index in [2.05, 4.69) is 10.1 Å². The van der Waals surface area contributed by atoms with Crippen LogP contribution in [0.15, 0.2) is 71.5 Å². The number of pyridine rings is 1. The predicted molar refractivity (Wildman–Crippen MR) is 133 cm³/mol. The first kappa shape index (κ1) is 24.8. The predicted octanol–water partition coefficient (Wildman–Crippen LogP) is 5.68. The molecule has 0 amide bonds. The zero-order valence-electron chi connectivity index (χ0n) is 20.4. The van der Waals surface area contributed by atoms with Gasteiger partial charge in [-0.15, -0.1) is 0 Å². The lowest BCUT2D eigenvalue weighted by atomic mass is 9.94. The summed E-state index contributed by atoms with van der Waals surface area (Å²) < 4.78 is 46.7. The van der Waals surface area contributed by atoms with E-state index in [1.807, 2.05) is 29.2 Å². The highest BCUT2D eigenvalue weighted by Crippen LogP contribution is 2.41. The van der Waals surface area contributed by atoms with Gasteiger partial charge in [0, 0.05) is 30.8 Å². The number of rotatable bonds is 6. The number of aliphatic hydroxyl groups excluding tert-OH is 1. The Balaban J connectivity index is 1.46. The van der Waals surface area contributed by atoms with Gasteiger partial charge in [-0.1, -0.05) is 17.3 Å². The van der Waals surface area contributed by atoms with Crippen LogP contribution in [0, 0.1) is 5.82 Å². The summed E-state index contributed by atoms with van der Waals surface area (Å²) in [6.45, 7) is 1.07. The van der Waals surface area contributed by atoms with Crippen molar-refractivity contribution in [3.63, 3.8) is 0 Å². The molecule has 0 spiro atoms. The van der Waals surface area contributed by atoms with Crippen molar-refractivity contribution in [3.05, 3.63) is 89.0 Å². The molecule has 6 nitrogen and oxygen atoms in total. The zero-order chi connectivity index (χ0) is 26.2. The number of hydrogen-bond acceptors (Lipinski definition) is 6. The van der Waals surface area contributed by atoms with Crippen molar-refractivity contribution in [3.8, 4) is 16.9 Å². The molecule has 1 atom stereocenters. The summed E-state index contributed by atoms with van der Waals surface area (Å²) in [5, 5.41) is 14.6. The standard InChI is InChI=1S/C28H26F3N3O3/c1-27(30,31)25-16-19(11-12-32-25)23-10-5-18(15-24(23)36-2)14-20-4-3-13-34-26(20)33-37-28(34,17-35)21-6-8-22(29)9-7-21/h5-12,14-16,35H,3-4,13,17H2,1-2H3. The summed E-state index contributed by atoms with van der Waals surface area (Å²) >= 11 is 0. The van der Waals surface area contributed by atoms with Crippen LogP contribution in [0.2, 0.25) is 0 Å². The molecule has 2 aromatic carbocycles. The third-order valence-corrected chi connectivity index (χ3v) is 6.69. The minimum atomic E-state index is -3.05. The summed E-state index contributed by atoms with van der Waals surface area (Å²) in [5.41, 5.74) is 2.07. The third-order valence-electron chi connectivity index (χ3n) is 6.69. The van der Waals surface area contributed by atoms with Crippen LogP contribution in [0.25, 0.3) is 17.2 Å². The Morgan fingerprint density at radius 1 is 1.16 bits per heavy atom. The molecular formula is C28H26F3N3O3. The van der Waals surface area contributed by atoms with E-state index in [1.54, 1.807) is 18.2 Å². The minimum absolute atomic E-state index is 0.312. The van der Waals surface area contributed by atoms with Gasteiger partial charge in [0.2, 0.25) is 0 Å². The quantitative estimate of drug-likeness (QED) is 0.464. The van der Waals surface area contributed by atoms with Gasteiger partial charge in [0.05, 0.1) is 7.11 Å². The number of fused-ring (bicyclic) bond motifs is 1. The average molecular weight is 510 g/mol. The van der Waals surface area contributed by atoms with Gasteiger partial charge in [-0.2, -0.15) is 8.78 Å². The number of nitrogens with zero attached hydrogens (tertiary/aromatic N) is 3. The molecule has 0 saturated carbocycles. The Hall–Kier alpha value is -3.85. The molecule has 1 saturated heterocycles. The average Bonchev–Trinajstić information content (AvgIpc) is 3.29. The Labute approximate surface area is 212 Å². The number of piperidine rings is 1. The molecule has 1 fully saturated rings. The smallest absolute Gasteiger partial charge is 0.286 e. The molecule has 3 aromatic rings. The molecule has 2 aliphatic rings. The van der Waals surface area contributed by atoms with Crippen molar-refractivity contribution in [2.45, 2.75) is 31.4 Å². The maximum atomic E-state index is 13.8. The summed E-state index contributed by atoms with van der Waals surface area (Å²) in [6, 6.07) is 14.4. The van der Waals surface area contributed by atoms with E-state index in [4.69, 9.17) is 9.57 Å². The van der Waals surface area contributed by atoms with Crippen molar-refractivity contribution in [1.29, 1.82) is 0 Å².